The summed E-state index contributed by atoms with van der Waals surface area (Å²) in [6, 6.07) is 5.24. The van der Waals surface area contributed by atoms with Crippen LogP contribution in [0.1, 0.15) is 36.0 Å². The largest absolute Gasteiger partial charge is 0.469 e. The number of hydrogen-bond donors (Lipinski definition) is 2. The first-order valence-electron chi connectivity index (χ1n) is 7.40. The Balaban J connectivity index is 2.12. The van der Waals surface area contributed by atoms with Gasteiger partial charge in [0, 0.05) is 18.5 Å². The average molecular weight is 324 g/mol. The molecule has 0 aromatic heterocycles. The maximum atomic E-state index is 13.0. The zero-order valence-corrected chi connectivity index (χ0v) is 13.1. The number of amides is 2. The molecule has 2 amide bonds. The molecule has 1 aromatic carbocycles. The minimum absolute atomic E-state index is 0.167. The van der Waals surface area contributed by atoms with E-state index in [0.717, 1.165) is 18.9 Å². The fraction of sp³-hybridized carbons (Fsp3) is 0.438. The summed E-state index contributed by atoms with van der Waals surface area (Å²) in [7, 11) is 1.35. The monoisotopic (exact) mass is 324 g/mol. The summed E-state index contributed by atoms with van der Waals surface area (Å²) in [5.41, 5.74) is 0.167. The molecular weight excluding hydrogens is 303 g/mol. The van der Waals surface area contributed by atoms with Crippen LogP contribution in [-0.2, 0) is 14.3 Å². The van der Waals surface area contributed by atoms with Crippen LogP contribution in [0.15, 0.2) is 24.3 Å². The van der Waals surface area contributed by atoms with Crippen molar-refractivity contribution < 1.29 is 23.5 Å². The molecule has 6 nitrogen and oxygen atoms in total. The molecular formula is C16H21FN2O4. The molecule has 1 aromatic rings. The van der Waals surface area contributed by atoms with Gasteiger partial charge in [0.05, 0.1) is 13.7 Å². The summed E-state index contributed by atoms with van der Waals surface area (Å²) >= 11 is 0. The highest BCUT2D eigenvalue weighted by Crippen LogP contribution is 2.03. The molecule has 0 saturated heterocycles. The van der Waals surface area contributed by atoms with E-state index >= 15 is 0 Å². The smallest absolute Gasteiger partial charge is 0.305 e. The standard InChI is InChI=1S/C16H21FN2O4/c1-23-15(21)8-3-2-4-9-18-14(20)11-19-16(22)12-6-5-7-13(17)10-12/h5-7,10H,2-4,8-9,11H2,1H3,(H,18,20)(H,19,22). The average Bonchev–Trinajstić information content (AvgIpc) is 2.55. The molecule has 126 valence electrons. The van der Waals surface area contributed by atoms with Crippen molar-refractivity contribution in [3.63, 3.8) is 0 Å². The first-order chi connectivity index (χ1) is 11.0. The number of benzene rings is 1. The lowest BCUT2D eigenvalue weighted by Crippen LogP contribution is -2.37. The zero-order chi connectivity index (χ0) is 17.1. The number of rotatable bonds is 9. The van der Waals surface area contributed by atoms with Crippen LogP contribution >= 0.6 is 0 Å². The van der Waals surface area contributed by atoms with Gasteiger partial charge < -0.3 is 15.4 Å². The van der Waals surface area contributed by atoms with Crippen molar-refractivity contribution in [3.05, 3.63) is 35.6 Å². The third-order valence-electron chi connectivity index (χ3n) is 3.10. The van der Waals surface area contributed by atoms with Crippen molar-refractivity contribution in [1.82, 2.24) is 10.6 Å². The Morgan fingerprint density at radius 1 is 1.13 bits per heavy atom. The van der Waals surface area contributed by atoms with E-state index in [1.807, 2.05) is 0 Å². The zero-order valence-electron chi connectivity index (χ0n) is 13.1. The number of methoxy groups -OCH3 is 1. The van der Waals surface area contributed by atoms with E-state index in [4.69, 9.17) is 0 Å². The van der Waals surface area contributed by atoms with Gasteiger partial charge in [0.25, 0.3) is 5.91 Å². The van der Waals surface area contributed by atoms with Crippen LogP contribution in [-0.4, -0.2) is 38.0 Å². The quantitative estimate of drug-likeness (QED) is 0.531. The first kappa shape index (κ1) is 18.6. The second-order valence-corrected chi connectivity index (χ2v) is 4.93. The Kier molecular flexibility index (Phi) is 8.34. The molecule has 0 spiro atoms. The predicted octanol–water partition coefficient (Wildman–Crippen LogP) is 1.41. The first-order valence-corrected chi connectivity index (χ1v) is 7.40. The predicted molar refractivity (Wildman–Crippen MR) is 82.2 cm³/mol. The van der Waals surface area contributed by atoms with Gasteiger partial charge in [-0.2, -0.15) is 0 Å². The van der Waals surface area contributed by atoms with Crippen LogP contribution in [0.5, 0.6) is 0 Å². The van der Waals surface area contributed by atoms with Crippen molar-refractivity contribution >= 4 is 17.8 Å². The van der Waals surface area contributed by atoms with E-state index in [1.165, 1.54) is 25.3 Å². The molecule has 23 heavy (non-hydrogen) atoms. The molecule has 0 saturated carbocycles. The fourth-order valence-electron chi connectivity index (χ4n) is 1.86. The number of carbonyl (C=O) groups is 3. The van der Waals surface area contributed by atoms with Gasteiger partial charge in [0.2, 0.25) is 5.91 Å². The maximum absolute atomic E-state index is 13.0. The van der Waals surface area contributed by atoms with Crippen molar-refractivity contribution in [3.8, 4) is 0 Å². The van der Waals surface area contributed by atoms with Crippen molar-refractivity contribution in [1.29, 1.82) is 0 Å². The number of hydrogen-bond acceptors (Lipinski definition) is 4. The number of halogens is 1. The Labute approximate surface area is 134 Å². The molecule has 0 fully saturated rings. The number of unbranched alkanes of at least 4 members (excludes halogenated alkanes) is 2. The summed E-state index contributed by atoms with van der Waals surface area (Å²) in [6.45, 7) is 0.299. The summed E-state index contributed by atoms with van der Waals surface area (Å²) in [5.74, 6) is -1.57. The Bertz CT molecular complexity index is 549. The Morgan fingerprint density at radius 2 is 1.91 bits per heavy atom. The highest BCUT2D eigenvalue weighted by Gasteiger charge is 2.08. The fourth-order valence-corrected chi connectivity index (χ4v) is 1.86. The van der Waals surface area contributed by atoms with Gasteiger partial charge in [0.1, 0.15) is 5.82 Å². The second kappa shape index (κ2) is 10.3. The van der Waals surface area contributed by atoms with E-state index < -0.39 is 11.7 Å². The van der Waals surface area contributed by atoms with E-state index in [2.05, 4.69) is 15.4 Å². The van der Waals surface area contributed by atoms with E-state index in [0.29, 0.717) is 19.4 Å². The molecule has 0 heterocycles. The number of esters is 1. The van der Waals surface area contributed by atoms with Crippen molar-refractivity contribution in [2.45, 2.75) is 25.7 Å². The van der Waals surface area contributed by atoms with Crippen LogP contribution < -0.4 is 10.6 Å². The van der Waals surface area contributed by atoms with Crippen LogP contribution in [0.4, 0.5) is 4.39 Å². The molecule has 0 aliphatic rings. The number of ether oxygens (including phenoxy) is 1. The van der Waals surface area contributed by atoms with Crippen LogP contribution in [0.25, 0.3) is 0 Å². The van der Waals surface area contributed by atoms with Gasteiger partial charge in [-0.3, -0.25) is 14.4 Å². The van der Waals surface area contributed by atoms with Gasteiger partial charge in [0.15, 0.2) is 0 Å². The van der Waals surface area contributed by atoms with Crippen LogP contribution in [0.3, 0.4) is 0 Å². The van der Waals surface area contributed by atoms with Gasteiger partial charge in [-0.15, -0.1) is 0 Å². The lowest BCUT2D eigenvalue weighted by atomic mass is 10.2. The lowest BCUT2D eigenvalue weighted by molar-refractivity contribution is -0.140. The molecule has 0 radical (unpaired) electrons. The van der Waals surface area contributed by atoms with E-state index in [1.54, 1.807) is 0 Å². The minimum atomic E-state index is -0.506. The third kappa shape index (κ3) is 7.94. The summed E-state index contributed by atoms with van der Waals surface area (Å²) in [4.78, 5) is 34.2. The van der Waals surface area contributed by atoms with Crippen LogP contribution in [0, 0.1) is 5.82 Å². The molecule has 7 heteroatoms. The summed E-state index contributed by atoms with van der Waals surface area (Å²) in [5, 5.41) is 5.08. The number of carbonyl (C=O) groups excluding carboxylic acids is 3. The molecule has 0 aliphatic carbocycles. The topological polar surface area (TPSA) is 84.5 Å². The maximum Gasteiger partial charge on any atom is 0.305 e. The van der Waals surface area contributed by atoms with Gasteiger partial charge in [-0.25, -0.2) is 4.39 Å². The minimum Gasteiger partial charge on any atom is -0.469 e. The lowest BCUT2D eigenvalue weighted by Gasteiger charge is -2.07. The summed E-state index contributed by atoms with van der Waals surface area (Å²) < 4.78 is 17.5. The molecule has 0 atom stereocenters. The van der Waals surface area contributed by atoms with Gasteiger partial charge in [-0.1, -0.05) is 12.5 Å². The van der Waals surface area contributed by atoms with Gasteiger partial charge in [-0.05, 0) is 31.0 Å². The van der Waals surface area contributed by atoms with E-state index in [-0.39, 0.29) is 24.0 Å². The summed E-state index contributed by atoms with van der Waals surface area (Å²) in [6.07, 6.45) is 2.61. The van der Waals surface area contributed by atoms with Crippen molar-refractivity contribution in [2.75, 3.05) is 20.2 Å². The van der Waals surface area contributed by atoms with Crippen LogP contribution in [0.2, 0.25) is 0 Å². The molecule has 0 aliphatic heterocycles. The Hall–Kier alpha value is -2.44. The molecule has 2 N–H and O–H groups in total. The Morgan fingerprint density at radius 3 is 2.61 bits per heavy atom. The third-order valence-corrected chi connectivity index (χ3v) is 3.10. The molecule has 0 unspecified atom stereocenters. The highest BCUT2D eigenvalue weighted by atomic mass is 19.1. The second-order valence-electron chi connectivity index (χ2n) is 4.93. The van der Waals surface area contributed by atoms with Gasteiger partial charge >= 0.3 is 5.97 Å². The normalized spacial score (nSPS) is 10.0. The van der Waals surface area contributed by atoms with Crippen molar-refractivity contribution in [2.24, 2.45) is 0 Å². The highest BCUT2D eigenvalue weighted by molar-refractivity contribution is 5.96. The van der Waals surface area contributed by atoms with E-state index in [9.17, 15) is 18.8 Å². The molecule has 1 rings (SSSR count). The number of nitrogens with one attached hydrogen (secondary N) is 2. The molecule has 0 bridgehead atoms. The SMILES string of the molecule is COC(=O)CCCCCNC(=O)CNC(=O)c1cccc(F)c1.